The van der Waals surface area contributed by atoms with Crippen molar-refractivity contribution in [2.45, 2.75) is 88.8 Å². The highest BCUT2D eigenvalue weighted by molar-refractivity contribution is 8.15. The van der Waals surface area contributed by atoms with Gasteiger partial charge in [-0.3, -0.25) is 14.4 Å². The highest BCUT2D eigenvalue weighted by atomic mass is 32.2. The van der Waals surface area contributed by atoms with Gasteiger partial charge in [0.05, 0.1) is 16.6 Å². The second-order valence-corrected chi connectivity index (χ2v) is 12.4. The van der Waals surface area contributed by atoms with Crippen LogP contribution in [0.15, 0.2) is 0 Å². The number of carboxylic acid groups (broad SMARTS) is 1. The second kappa shape index (κ2) is 16.6. The Balaban J connectivity index is 1.69. The first kappa shape index (κ1) is 32.7. The van der Waals surface area contributed by atoms with Crippen molar-refractivity contribution in [3.63, 3.8) is 0 Å². The van der Waals surface area contributed by atoms with Crippen molar-refractivity contribution >= 4 is 57.9 Å². The number of carbonyl (C=O) groups excluding carboxylic acids is 5. The van der Waals surface area contributed by atoms with Crippen LogP contribution in [0.2, 0.25) is 0 Å². The van der Waals surface area contributed by atoms with Gasteiger partial charge in [0, 0.05) is 5.75 Å². The molecule has 0 radical (unpaired) electrons. The average Bonchev–Trinajstić information content (AvgIpc) is 2.91. The number of rotatable bonds is 12. The van der Waals surface area contributed by atoms with E-state index < -0.39 is 58.8 Å². The highest BCUT2D eigenvalue weighted by Crippen LogP contribution is 2.28. The average molecular weight is 592 g/mol. The Morgan fingerprint density at radius 3 is 1.69 bits per heavy atom. The first-order valence-electron chi connectivity index (χ1n) is 13.0. The Morgan fingerprint density at radius 2 is 1.23 bits per heavy atom. The Kier molecular flexibility index (Phi) is 13.9. The number of aliphatic carboxylic acids is 1. The summed E-state index contributed by atoms with van der Waals surface area (Å²) in [7, 11) is 0. The van der Waals surface area contributed by atoms with E-state index in [-0.39, 0.29) is 17.6 Å². The molecule has 2 aliphatic carbocycles. The van der Waals surface area contributed by atoms with Gasteiger partial charge in [0.2, 0.25) is 19.5 Å². The van der Waals surface area contributed by atoms with E-state index >= 15 is 0 Å². The zero-order chi connectivity index (χ0) is 28.8. The van der Waals surface area contributed by atoms with Crippen molar-refractivity contribution in [3.05, 3.63) is 0 Å². The van der Waals surface area contributed by atoms with Gasteiger partial charge >= 0.3 is 28.5 Å². The quantitative estimate of drug-likeness (QED) is 0.244. The monoisotopic (exact) mass is 591 g/mol. The summed E-state index contributed by atoms with van der Waals surface area (Å²) in [5, 5.41) is 10.00. The summed E-state index contributed by atoms with van der Waals surface area (Å²) in [6, 6.07) is -1.47. The number of nitrogens with one attached hydrogen (secondary N) is 1. The van der Waals surface area contributed by atoms with Crippen molar-refractivity contribution < 1.29 is 52.8 Å². The fourth-order valence-electron chi connectivity index (χ4n) is 4.17. The summed E-state index contributed by atoms with van der Waals surface area (Å²) in [5.74, 6) is -3.80. The van der Waals surface area contributed by atoms with E-state index in [1.54, 1.807) is 0 Å². The van der Waals surface area contributed by atoms with Crippen LogP contribution in [0.5, 0.6) is 0 Å². The van der Waals surface area contributed by atoms with Crippen molar-refractivity contribution in [1.82, 2.24) is 5.32 Å². The van der Waals surface area contributed by atoms with Gasteiger partial charge < -0.3 is 29.4 Å². The number of ether oxygens (including phenoxy) is 4. The van der Waals surface area contributed by atoms with Crippen molar-refractivity contribution in [2.75, 3.05) is 19.3 Å². The van der Waals surface area contributed by atoms with E-state index in [0.29, 0.717) is 23.5 Å². The molecule has 0 aromatic carbocycles. The Hall–Kier alpha value is -2.48. The minimum Gasteiger partial charge on any atom is -0.480 e. The normalized spacial score (nSPS) is 17.4. The third-order valence-electron chi connectivity index (χ3n) is 6.49. The summed E-state index contributed by atoms with van der Waals surface area (Å²) in [5.41, 5.74) is 0. The predicted octanol–water partition coefficient (Wildman–Crippen LogP) is 4.24. The summed E-state index contributed by atoms with van der Waals surface area (Å²) in [6.07, 6.45) is 8.91. The van der Waals surface area contributed by atoms with Crippen LogP contribution < -0.4 is 5.32 Å². The number of thioether (sulfide) groups is 2. The summed E-state index contributed by atoms with van der Waals surface area (Å²) in [4.78, 5) is 72.4. The maximum atomic E-state index is 12.7. The SMILES string of the molecule is CC(C)(SC(=O)OCOC(=O)C1CCCCC1)C(=O)N[C@@H](CSC(=O)OCOC(=O)C1CCCCC1)C(=O)O. The van der Waals surface area contributed by atoms with E-state index in [4.69, 9.17) is 18.9 Å². The minimum atomic E-state index is -1.47. The van der Waals surface area contributed by atoms with Crippen LogP contribution in [0, 0.1) is 11.8 Å². The van der Waals surface area contributed by atoms with Crippen LogP contribution >= 0.6 is 23.5 Å². The van der Waals surface area contributed by atoms with Gasteiger partial charge in [-0.15, -0.1) is 0 Å². The first-order chi connectivity index (χ1) is 18.5. The van der Waals surface area contributed by atoms with Gasteiger partial charge in [0.15, 0.2) is 0 Å². The smallest absolute Gasteiger partial charge is 0.371 e. The summed E-state index contributed by atoms with van der Waals surface area (Å²) in [6.45, 7) is 1.63. The predicted molar refractivity (Wildman–Crippen MR) is 142 cm³/mol. The van der Waals surface area contributed by atoms with Crippen LogP contribution in [-0.4, -0.2) is 69.7 Å². The molecule has 0 spiro atoms. The molecule has 2 fully saturated rings. The molecule has 0 bridgehead atoms. The van der Waals surface area contributed by atoms with E-state index in [1.165, 1.54) is 13.8 Å². The topological polar surface area (TPSA) is 172 Å². The maximum absolute atomic E-state index is 12.7. The standard InChI is InChI=1S/C25H37NO11S2/c1-25(2,39-24(33)37-15-35-21(30)17-11-7-4-8-12-17)22(31)26-18(19(27)28)13-38-23(32)36-14-34-20(29)16-9-5-3-6-10-16/h16-18H,3-15H2,1-2H3,(H,26,31)(H,27,28)/t18-/m0/s1. The number of esters is 2. The molecule has 0 aromatic heterocycles. The molecule has 12 nitrogen and oxygen atoms in total. The van der Waals surface area contributed by atoms with Crippen LogP contribution in [-0.2, 0) is 38.1 Å². The first-order valence-corrected chi connectivity index (χ1v) is 14.8. The number of carboxylic acids is 1. The lowest BCUT2D eigenvalue weighted by Gasteiger charge is -2.24. The molecule has 2 N–H and O–H groups in total. The minimum absolute atomic E-state index is 0.202. The van der Waals surface area contributed by atoms with E-state index in [9.17, 15) is 33.9 Å². The van der Waals surface area contributed by atoms with E-state index in [0.717, 1.165) is 64.2 Å². The molecule has 2 aliphatic rings. The fraction of sp³-hybridized carbons (Fsp3) is 0.760. The summed E-state index contributed by atoms with van der Waals surface area (Å²) < 4.78 is 18.3. The molecule has 0 aromatic rings. The molecule has 1 amide bonds. The number of amides is 1. The number of hydrogen-bond acceptors (Lipinski definition) is 12. The second-order valence-electron chi connectivity index (χ2n) is 9.91. The molecule has 0 aliphatic heterocycles. The highest BCUT2D eigenvalue weighted by Gasteiger charge is 2.35. The molecule has 0 heterocycles. The van der Waals surface area contributed by atoms with Gasteiger partial charge in [0.1, 0.15) is 6.04 Å². The Bertz CT molecular complexity index is 883. The lowest BCUT2D eigenvalue weighted by Crippen LogP contribution is -2.50. The Morgan fingerprint density at radius 1 is 0.769 bits per heavy atom. The summed E-state index contributed by atoms with van der Waals surface area (Å²) >= 11 is 0.994. The molecule has 0 saturated heterocycles. The van der Waals surface area contributed by atoms with Crippen molar-refractivity contribution in [3.8, 4) is 0 Å². The molecule has 0 unspecified atom stereocenters. The third-order valence-corrected chi connectivity index (χ3v) is 8.32. The van der Waals surface area contributed by atoms with E-state index in [2.05, 4.69) is 5.32 Å². The number of carbonyl (C=O) groups is 6. The number of hydrogen-bond donors (Lipinski definition) is 2. The largest absolute Gasteiger partial charge is 0.480 e. The van der Waals surface area contributed by atoms with Crippen LogP contribution in [0.1, 0.15) is 78.1 Å². The van der Waals surface area contributed by atoms with E-state index in [1.807, 2.05) is 0 Å². The molecule has 39 heavy (non-hydrogen) atoms. The zero-order valence-corrected chi connectivity index (χ0v) is 23.9. The zero-order valence-electron chi connectivity index (χ0n) is 22.3. The lowest BCUT2D eigenvalue weighted by molar-refractivity contribution is -0.158. The molecule has 2 rings (SSSR count). The molecule has 14 heteroatoms. The molecule has 220 valence electrons. The van der Waals surface area contributed by atoms with Crippen LogP contribution in [0.4, 0.5) is 9.59 Å². The van der Waals surface area contributed by atoms with Crippen LogP contribution in [0.3, 0.4) is 0 Å². The van der Waals surface area contributed by atoms with Gasteiger partial charge in [-0.05, 0) is 63.1 Å². The van der Waals surface area contributed by atoms with Gasteiger partial charge in [0.25, 0.3) is 0 Å². The molecular formula is C25H37NO11S2. The third kappa shape index (κ3) is 12.1. The van der Waals surface area contributed by atoms with Gasteiger partial charge in [-0.2, -0.15) is 0 Å². The Labute approximate surface area is 235 Å². The lowest BCUT2D eigenvalue weighted by atomic mass is 9.89. The molecule has 2 saturated carbocycles. The van der Waals surface area contributed by atoms with Gasteiger partial charge in [-0.25, -0.2) is 14.4 Å². The van der Waals surface area contributed by atoms with Crippen molar-refractivity contribution in [2.24, 2.45) is 11.8 Å². The van der Waals surface area contributed by atoms with Crippen molar-refractivity contribution in [1.29, 1.82) is 0 Å². The van der Waals surface area contributed by atoms with Crippen LogP contribution in [0.25, 0.3) is 0 Å². The molecule has 1 atom stereocenters. The van der Waals surface area contributed by atoms with Gasteiger partial charge in [-0.1, -0.05) is 38.5 Å². The maximum Gasteiger partial charge on any atom is 0.371 e. The fourth-order valence-corrected chi connectivity index (χ4v) is 5.50. The molecular weight excluding hydrogens is 554 g/mol.